The zero-order chi connectivity index (χ0) is 20.0. The summed E-state index contributed by atoms with van der Waals surface area (Å²) < 4.78 is 0.886. The molecular formula is C25H35N2O+. The zero-order valence-corrected chi connectivity index (χ0v) is 17.7. The van der Waals surface area contributed by atoms with Crippen molar-refractivity contribution in [3.05, 3.63) is 65.2 Å². The highest BCUT2D eigenvalue weighted by Crippen LogP contribution is 2.29. The van der Waals surface area contributed by atoms with Gasteiger partial charge in [-0.05, 0) is 50.7 Å². The minimum Gasteiger partial charge on any atom is -0.320 e. The topological polar surface area (TPSA) is 29.1 Å². The van der Waals surface area contributed by atoms with Gasteiger partial charge in [0.2, 0.25) is 0 Å². The van der Waals surface area contributed by atoms with E-state index >= 15 is 0 Å². The molecule has 1 atom stereocenters. The quantitative estimate of drug-likeness (QED) is 0.649. The van der Waals surface area contributed by atoms with Crippen molar-refractivity contribution in [2.24, 2.45) is 0 Å². The normalized spacial score (nSPS) is 17.5. The van der Waals surface area contributed by atoms with Crippen molar-refractivity contribution in [3.8, 4) is 0 Å². The van der Waals surface area contributed by atoms with Crippen LogP contribution >= 0.6 is 0 Å². The van der Waals surface area contributed by atoms with Crippen LogP contribution in [0.25, 0.3) is 0 Å². The standard InChI is InChI=1S/C25H34N2O/c1-4-23(25(28)26-24-20(2)13-12-14-21(24)3)27(17-10-5-6-11-18-27)19-22-15-8-7-9-16-22/h7-9,12-16,23H,4-6,10-11,17-19H2,1-3H3/p+1. The molecule has 0 saturated carbocycles. The van der Waals surface area contributed by atoms with E-state index in [1.54, 1.807) is 0 Å². The third-order valence-corrected chi connectivity index (χ3v) is 6.38. The lowest BCUT2D eigenvalue weighted by atomic mass is 10.0. The number of carbonyl (C=O) groups excluding carboxylic acids is 1. The number of nitrogens with one attached hydrogen (secondary N) is 1. The van der Waals surface area contributed by atoms with Crippen molar-refractivity contribution in [3.63, 3.8) is 0 Å². The minimum atomic E-state index is -0.0164. The number of amides is 1. The Labute approximate surface area is 170 Å². The molecule has 1 heterocycles. The number of hydrogen-bond acceptors (Lipinski definition) is 1. The summed E-state index contributed by atoms with van der Waals surface area (Å²) in [7, 11) is 0. The molecule has 1 unspecified atom stereocenters. The van der Waals surface area contributed by atoms with Gasteiger partial charge in [0.1, 0.15) is 6.54 Å². The molecule has 2 aromatic carbocycles. The van der Waals surface area contributed by atoms with E-state index in [2.05, 4.69) is 74.6 Å². The lowest BCUT2D eigenvalue weighted by molar-refractivity contribution is -0.954. The number of benzene rings is 2. The summed E-state index contributed by atoms with van der Waals surface area (Å²) in [6.07, 6.45) is 5.84. The Kier molecular flexibility index (Phi) is 6.90. The predicted octanol–water partition coefficient (Wildman–Crippen LogP) is 5.61. The molecule has 1 aliphatic heterocycles. The van der Waals surface area contributed by atoms with Gasteiger partial charge in [0.25, 0.3) is 5.91 Å². The molecule has 0 aromatic heterocycles. The number of anilines is 1. The number of likely N-dealkylation sites (tertiary alicyclic amines) is 1. The molecule has 150 valence electrons. The van der Waals surface area contributed by atoms with Crippen molar-refractivity contribution in [1.82, 2.24) is 0 Å². The molecule has 0 bridgehead atoms. The van der Waals surface area contributed by atoms with Crippen LogP contribution in [-0.4, -0.2) is 29.5 Å². The van der Waals surface area contributed by atoms with Crippen molar-refractivity contribution in [2.45, 2.75) is 65.5 Å². The Morgan fingerprint density at radius 3 is 2.11 bits per heavy atom. The van der Waals surface area contributed by atoms with Gasteiger partial charge in [-0.25, -0.2) is 0 Å². The maximum absolute atomic E-state index is 13.5. The van der Waals surface area contributed by atoms with Gasteiger partial charge in [-0.15, -0.1) is 0 Å². The van der Waals surface area contributed by atoms with Crippen molar-refractivity contribution in [2.75, 3.05) is 18.4 Å². The van der Waals surface area contributed by atoms with Crippen LogP contribution in [-0.2, 0) is 11.3 Å². The Balaban J connectivity index is 1.90. The first-order chi connectivity index (χ1) is 13.6. The highest BCUT2D eigenvalue weighted by atomic mass is 16.2. The second kappa shape index (κ2) is 9.38. The second-order valence-electron chi connectivity index (χ2n) is 8.40. The molecule has 1 fully saturated rings. The van der Waals surface area contributed by atoms with Gasteiger partial charge in [0.05, 0.1) is 13.1 Å². The average Bonchev–Trinajstić information content (AvgIpc) is 2.92. The number of para-hydroxylation sites is 1. The molecule has 1 aliphatic rings. The summed E-state index contributed by atoms with van der Waals surface area (Å²) in [5.74, 6) is 0.178. The van der Waals surface area contributed by atoms with Gasteiger partial charge in [0.15, 0.2) is 6.04 Å². The number of aryl methyl sites for hydroxylation is 2. The van der Waals surface area contributed by atoms with Crippen molar-refractivity contribution < 1.29 is 9.28 Å². The summed E-state index contributed by atoms with van der Waals surface area (Å²) in [5, 5.41) is 3.30. The molecule has 0 aliphatic carbocycles. The van der Waals surface area contributed by atoms with E-state index in [4.69, 9.17) is 0 Å². The van der Waals surface area contributed by atoms with Gasteiger partial charge in [0, 0.05) is 17.7 Å². The molecule has 0 radical (unpaired) electrons. The summed E-state index contributed by atoms with van der Waals surface area (Å²) in [6.45, 7) is 9.44. The highest BCUT2D eigenvalue weighted by Gasteiger charge is 2.41. The SMILES string of the molecule is CCC(C(=O)Nc1c(C)cccc1C)[N+]1(Cc2ccccc2)CCCCCC1. The van der Waals surface area contributed by atoms with Crippen LogP contribution in [0.15, 0.2) is 48.5 Å². The highest BCUT2D eigenvalue weighted by molar-refractivity contribution is 5.95. The third-order valence-electron chi connectivity index (χ3n) is 6.38. The minimum absolute atomic E-state index is 0.0164. The first-order valence-electron chi connectivity index (χ1n) is 10.8. The summed E-state index contributed by atoms with van der Waals surface area (Å²) in [4.78, 5) is 13.5. The van der Waals surface area contributed by atoms with Gasteiger partial charge < -0.3 is 9.80 Å². The maximum Gasteiger partial charge on any atom is 0.282 e. The number of rotatable bonds is 6. The van der Waals surface area contributed by atoms with E-state index in [1.807, 2.05) is 0 Å². The van der Waals surface area contributed by atoms with Crippen LogP contribution in [0, 0.1) is 13.8 Å². The first kappa shape index (κ1) is 20.6. The summed E-state index contributed by atoms with van der Waals surface area (Å²) in [6, 6.07) is 16.9. The molecular weight excluding hydrogens is 344 g/mol. The third kappa shape index (κ3) is 4.64. The van der Waals surface area contributed by atoms with E-state index in [0.29, 0.717) is 0 Å². The van der Waals surface area contributed by atoms with Crippen molar-refractivity contribution >= 4 is 11.6 Å². The van der Waals surface area contributed by atoms with E-state index < -0.39 is 0 Å². The molecule has 28 heavy (non-hydrogen) atoms. The molecule has 1 saturated heterocycles. The van der Waals surface area contributed by atoms with Gasteiger partial charge in [-0.1, -0.05) is 55.5 Å². The Hall–Kier alpha value is -2.13. The Morgan fingerprint density at radius 1 is 0.929 bits per heavy atom. The van der Waals surface area contributed by atoms with Gasteiger partial charge in [-0.3, -0.25) is 4.79 Å². The smallest absolute Gasteiger partial charge is 0.282 e. The number of nitrogens with zero attached hydrogens (tertiary/aromatic N) is 1. The lowest BCUT2D eigenvalue weighted by Gasteiger charge is -2.43. The first-order valence-corrected chi connectivity index (χ1v) is 10.8. The molecule has 2 aromatic rings. The number of carbonyl (C=O) groups is 1. The van der Waals surface area contributed by atoms with E-state index in [9.17, 15) is 4.79 Å². The maximum atomic E-state index is 13.5. The summed E-state index contributed by atoms with van der Waals surface area (Å²) >= 11 is 0. The zero-order valence-electron chi connectivity index (χ0n) is 17.7. The fourth-order valence-corrected chi connectivity index (χ4v) is 4.89. The second-order valence-corrected chi connectivity index (χ2v) is 8.40. The fourth-order valence-electron chi connectivity index (χ4n) is 4.89. The molecule has 3 nitrogen and oxygen atoms in total. The fraction of sp³-hybridized carbons (Fsp3) is 0.480. The summed E-state index contributed by atoms with van der Waals surface area (Å²) in [5.41, 5.74) is 4.59. The van der Waals surface area contributed by atoms with Crippen LogP contribution in [0.1, 0.15) is 55.7 Å². The average molecular weight is 380 g/mol. The van der Waals surface area contributed by atoms with Crippen LogP contribution in [0.5, 0.6) is 0 Å². The molecule has 1 N–H and O–H groups in total. The van der Waals surface area contributed by atoms with Gasteiger partial charge in [-0.2, -0.15) is 0 Å². The van der Waals surface area contributed by atoms with E-state index in [1.165, 1.54) is 31.2 Å². The van der Waals surface area contributed by atoms with Crippen LogP contribution in [0.3, 0.4) is 0 Å². The van der Waals surface area contributed by atoms with Crippen LogP contribution in [0.4, 0.5) is 5.69 Å². The Bertz CT molecular complexity index is 756. The van der Waals surface area contributed by atoms with Crippen molar-refractivity contribution in [1.29, 1.82) is 0 Å². The number of hydrogen-bond donors (Lipinski definition) is 1. The molecule has 0 spiro atoms. The molecule has 1 amide bonds. The lowest BCUT2D eigenvalue weighted by Crippen LogP contribution is -2.59. The largest absolute Gasteiger partial charge is 0.320 e. The van der Waals surface area contributed by atoms with E-state index in [-0.39, 0.29) is 11.9 Å². The predicted molar refractivity (Wildman–Crippen MR) is 117 cm³/mol. The van der Waals surface area contributed by atoms with E-state index in [0.717, 1.165) is 47.4 Å². The van der Waals surface area contributed by atoms with Crippen LogP contribution < -0.4 is 5.32 Å². The number of quaternary nitrogens is 1. The van der Waals surface area contributed by atoms with Gasteiger partial charge >= 0.3 is 0 Å². The Morgan fingerprint density at radius 2 is 1.54 bits per heavy atom. The molecule has 3 rings (SSSR count). The van der Waals surface area contributed by atoms with Crippen LogP contribution in [0.2, 0.25) is 0 Å². The monoisotopic (exact) mass is 379 g/mol. The molecule has 3 heteroatoms.